The van der Waals surface area contributed by atoms with Crippen LogP contribution in [0.3, 0.4) is 0 Å². The fraction of sp³-hybridized carbons (Fsp3) is 0. The monoisotopic (exact) mass is 307 g/mol. The molecule has 1 aromatic carbocycles. The van der Waals surface area contributed by atoms with Crippen molar-refractivity contribution in [3.63, 3.8) is 0 Å². The maximum atomic E-state index is 12.1. The van der Waals surface area contributed by atoms with Gasteiger partial charge in [0.2, 0.25) is 5.95 Å². The summed E-state index contributed by atoms with van der Waals surface area (Å²) in [5.41, 5.74) is 1.70. The van der Waals surface area contributed by atoms with Gasteiger partial charge in [0.05, 0.1) is 16.6 Å². The lowest BCUT2D eigenvalue weighted by atomic mass is 10.3. The number of halogens is 2. The molecule has 3 aromatic rings. The van der Waals surface area contributed by atoms with Crippen LogP contribution < -0.4 is 5.32 Å². The first-order valence-corrected chi connectivity index (χ1v) is 6.34. The Morgan fingerprint density at radius 1 is 1.20 bits per heavy atom. The molecule has 0 aliphatic carbocycles. The normalized spacial score (nSPS) is 10.7. The lowest BCUT2D eigenvalue weighted by molar-refractivity contribution is 0.102. The molecule has 6 nitrogen and oxygen atoms in total. The van der Waals surface area contributed by atoms with E-state index >= 15 is 0 Å². The standard InChI is InChI=1S/C12H7Cl2N5O/c13-9-5-6(10(14)19-18-9)11(20)17-12-15-7-3-1-2-4-8(7)16-12/h1-5H,(H2,15,16,17,20). The second-order valence-electron chi connectivity index (χ2n) is 3.93. The van der Waals surface area contributed by atoms with Gasteiger partial charge < -0.3 is 4.98 Å². The van der Waals surface area contributed by atoms with Gasteiger partial charge in [0.15, 0.2) is 10.3 Å². The highest BCUT2D eigenvalue weighted by atomic mass is 35.5. The Kier molecular flexibility index (Phi) is 3.25. The summed E-state index contributed by atoms with van der Waals surface area (Å²) in [6.07, 6.45) is 0. The quantitative estimate of drug-likeness (QED) is 0.762. The lowest BCUT2D eigenvalue weighted by Crippen LogP contribution is -2.14. The van der Waals surface area contributed by atoms with Crippen molar-refractivity contribution in [3.05, 3.63) is 46.2 Å². The van der Waals surface area contributed by atoms with E-state index in [0.29, 0.717) is 5.95 Å². The van der Waals surface area contributed by atoms with E-state index in [-0.39, 0.29) is 15.9 Å². The molecule has 0 saturated heterocycles. The van der Waals surface area contributed by atoms with E-state index in [1.807, 2.05) is 24.3 Å². The molecule has 0 aliphatic heterocycles. The van der Waals surface area contributed by atoms with Crippen molar-refractivity contribution in [3.8, 4) is 0 Å². The first-order valence-electron chi connectivity index (χ1n) is 5.58. The molecule has 0 atom stereocenters. The predicted molar refractivity (Wildman–Crippen MR) is 76.1 cm³/mol. The number of hydrogen-bond donors (Lipinski definition) is 2. The lowest BCUT2D eigenvalue weighted by Gasteiger charge is -2.02. The van der Waals surface area contributed by atoms with Gasteiger partial charge in [-0.15, -0.1) is 10.2 Å². The Bertz CT molecular complexity index is 768. The van der Waals surface area contributed by atoms with Crippen LogP contribution in [0.4, 0.5) is 5.95 Å². The number of amides is 1. The van der Waals surface area contributed by atoms with Gasteiger partial charge in [0.1, 0.15) is 0 Å². The molecule has 2 heterocycles. The van der Waals surface area contributed by atoms with Crippen LogP contribution in [0.5, 0.6) is 0 Å². The van der Waals surface area contributed by atoms with Crippen LogP contribution in [0.2, 0.25) is 10.3 Å². The fourth-order valence-electron chi connectivity index (χ4n) is 1.70. The number of nitrogens with zero attached hydrogens (tertiary/aromatic N) is 3. The third-order valence-corrected chi connectivity index (χ3v) is 3.05. The highest BCUT2D eigenvalue weighted by molar-refractivity contribution is 6.34. The van der Waals surface area contributed by atoms with Gasteiger partial charge in [0, 0.05) is 0 Å². The van der Waals surface area contributed by atoms with Crippen molar-refractivity contribution >= 4 is 46.1 Å². The third-order valence-electron chi connectivity index (χ3n) is 2.58. The number of anilines is 1. The summed E-state index contributed by atoms with van der Waals surface area (Å²) in [5, 5.41) is 9.78. The van der Waals surface area contributed by atoms with E-state index in [9.17, 15) is 4.79 Å². The topological polar surface area (TPSA) is 83.6 Å². The summed E-state index contributed by atoms with van der Waals surface area (Å²) in [6.45, 7) is 0. The molecule has 1 amide bonds. The second kappa shape index (κ2) is 5.07. The molecule has 0 bridgehead atoms. The zero-order chi connectivity index (χ0) is 14.1. The maximum absolute atomic E-state index is 12.1. The molecule has 20 heavy (non-hydrogen) atoms. The number of aromatic amines is 1. The van der Waals surface area contributed by atoms with Crippen LogP contribution in [0.1, 0.15) is 10.4 Å². The molecule has 2 aromatic heterocycles. The predicted octanol–water partition coefficient (Wildman–Crippen LogP) is 2.91. The summed E-state index contributed by atoms with van der Waals surface area (Å²) in [4.78, 5) is 19.3. The van der Waals surface area contributed by atoms with Crippen LogP contribution in [0.25, 0.3) is 11.0 Å². The van der Waals surface area contributed by atoms with Gasteiger partial charge in [-0.05, 0) is 18.2 Å². The second-order valence-corrected chi connectivity index (χ2v) is 4.67. The molecule has 2 N–H and O–H groups in total. The SMILES string of the molecule is O=C(Nc1nc2ccccc2[nH]1)c1cc(Cl)nnc1Cl. The Morgan fingerprint density at radius 2 is 2.00 bits per heavy atom. The molecule has 0 saturated carbocycles. The van der Waals surface area contributed by atoms with Gasteiger partial charge in [-0.25, -0.2) is 4.98 Å². The molecule has 8 heteroatoms. The van der Waals surface area contributed by atoms with Gasteiger partial charge >= 0.3 is 0 Å². The highest BCUT2D eigenvalue weighted by Gasteiger charge is 2.15. The molecular formula is C12H7Cl2N5O. The van der Waals surface area contributed by atoms with Crippen LogP contribution in [-0.4, -0.2) is 26.1 Å². The average molecular weight is 308 g/mol. The van der Waals surface area contributed by atoms with E-state index < -0.39 is 5.91 Å². The van der Waals surface area contributed by atoms with Crippen molar-refractivity contribution < 1.29 is 4.79 Å². The van der Waals surface area contributed by atoms with Crippen LogP contribution >= 0.6 is 23.2 Å². The number of fused-ring (bicyclic) bond motifs is 1. The van der Waals surface area contributed by atoms with E-state index in [1.165, 1.54) is 6.07 Å². The van der Waals surface area contributed by atoms with Gasteiger partial charge in [-0.2, -0.15) is 0 Å². The summed E-state index contributed by atoms with van der Waals surface area (Å²) >= 11 is 11.5. The Labute approximate surface area is 123 Å². The van der Waals surface area contributed by atoms with Crippen molar-refractivity contribution in [1.29, 1.82) is 0 Å². The number of rotatable bonds is 2. The number of carbonyl (C=O) groups excluding carboxylic acids is 1. The first kappa shape index (κ1) is 12.8. The molecule has 3 rings (SSSR count). The van der Waals surface area contributed by atoms with Crippen LogP contribution in [0, 0.1) is 0 Å². The summed E-state index contributed by atoms with van der Waals surface area (Å²) < 4.78 is 0. The number of nitrogens with one attached hydrogen (secondary N) is 2. The molecule has 0 spiro atoms. The summed E-state index contributed by atoms with van der Waals surface area (Å²) in [6, 6.07) is 8.76. The number of para-hydroxylation sites is 2. The van der Waals surface area contributed by atoms with Gasteiger partial charge in [0.25, 0.3) is 5.91 Å². The molecule has 0 aliphatic rings. The minimum Gasteiger partial charge on any atom is -0.324 e. The Hall–Kier alpha value is -2.18. The minimum atomic E-state index is -0.467. The Morgan fingerprint density at radius 3 is 2.80 bits per heavy atom. The largest absolute Gasteiger partial charge is 0.324 e. The molecule has 100 valence electrons. The summed E-state index contributed by atoms with van der Waals surface area (Å²) in [5.74, 6) is -0.147. The number of hydrogen-bond acceptors (Lipinski definition) is 4. The van der Waals surface area contributed by atoms with E-state index in [4.69, 9.17) is 23.2 Å². The number of carbonyl (C=O) groups is 1. The van der Waals surface area contributed by atoms with Crippen LogP contribution in [0.15, 0.2) is 30.3 Å². The van der Waals surface area contributed by atoms with E-state index in [2.05, 4.69) is 25.5 Å². The van der Waals surface area contributed by atoms with Crippen LogP contribution in [-0.2, 0) is 0 Å². The molecule has 0 unspecified atom stereocenters. The molecule has 0 radical (unpaired) electrons. The van der Waals surface area contributed by atoms with Crippen molar-refractivity contribution in [1.82, 2.24) is 20.2 Å². The van der Waals surface area contributed by atoms with E-state index in [0.717, 1.165) is 11.0 Å². The van der Waals surface area contributed by atoms with E-state index in [1.54, 1.807) is 0 Å². The van der Waals surface area contributed by atoms with Crippen molar-refractivity contribution in [2.45, 2.75) is 0 Å². The van der Waals surface area contributed by atoms with Crippen molar-refractivity contribution in [2.75, 3.05) is 5.32 Å². The average Bonchev–Trinajstić information content (AvgIpc) is 2.83. The third kappa shape index (κ3) is 2.43. The molecule has 0 fully saturated rings. The van der Waals surface area contributed by atoms with Crippen molar-refractivity contribution in [2.24, 2.45) is 0 Å². The van der Waals surface area contributed by atoms with Gasteiger partial charge in [-0.1, -0.05) is 35.3 Å². The first-order chi connectivity index (χ1) is 9.63. The smallest absolute Gasteiger partial charge is 0.261 e. The number of benzene rings is 1. The highest BCUT2D eigenvalue weighted by Crippen LogP contribution is 2.18. The molecular weight excluding hydrogens is 301 g/mol. The maximum Gasteiger partial charge on any atom is 0.261 e. The number of aromatic nitrogens is 4. The Balaban J connectivity index is 1.90. The number of imidazole rings is 1. The number of H-pyrrole nitrogens is 1. The minimum absolute atomic E-state index is 0.0250. The fourth-order valence-corrected chi connectivity index (χ4v) is 2.02. The summed E-state index contributed by atoms with van der Waals surface area (Å²) in [7, 11) is 0. The van der Waals surface area contributed by atoms with Gasteiger partial charge in [-0.3, -0.25) is 10.1 Å². The zero-order valence-electron chi connectivity index (χ0n) is 9.89. The zero-order valence-corrected chi connectivity index (χ0v) is 11.4.